The summed E-state index contributed by atoms with van der Waals surface area (Å²) in [6, 6.07) is 11.4. The van der Waals surface area contributed by atoms with Crippen LogP contribution in [0.25, 0.3) is 0 Å². The van der Waals surface area contributed by atoms with E-state index in [4.69, 9.17) is 10.5 Å². The number of non-ortho nitro benzene ring substituents is 1. The summed E-state index contributed by atoms with van der Waals surface area (Å²) in [5, 5.41) is 13.8. The number of fused-ring (bicyclic) bond motifs is 1. The Hall–Kier alpha value is -3.09. The highest BCUT2D eigenvalue weighted by Gasteiger charge is 2.14. The zero-order valence-corrected chi connectivity index (χ0v) is 10.9. The molecule has 2 aromatic rings. The van der Waals surface area contributed by atoms with Crippen molar-refractivity contribution in [2.24, 2.45) is 4.99 Å². The average molecular weight is 284 g/mol. The van der Waals surface area contributed by atoms with Gasteiger partial charge in [-0.15, -0.1) is 0 Å². The maximum absolute atomic E-state index is 10.8. The Bertz CT molecular complexity index is 743. The molecule has 0 saturated heterocycles. The van der Waals surface area contributed by atoms with Gasteiger partial charge in [0.2, 0.25) is 0 Å². The van der Waals surface area contributed by atoms with Crippen LogP contribution in [0.15, 0.2) is 47.5 Å². The second kappa shape index (κ2) is 5.12. The van der Waals surface area contributed by atoms with Crippen LogP contribution in [0.1, 0.15) is 0 Å². The van der Waals surface area contributed by atoms with Gasteiger partial charge in [0, 0.05) is 23.5 Å². The number of nitrogen functional groups attached to an aromatic ring is 1. The number of ether oxygens (including phenoxy) is 1. The van der Waals surface area contributed by atoms with E-state index in [2.05, 4.69) is 10.3 Å². The van der Waals surface area contributed by atoms with Crippen LogP contribution in [0, 0.1) is 10.1 Å². The third-order valence-corrected chi connectivity index (χ3v) is 2.95. The van der Waals surface area contributed by atoms with Gasteiger partial charge in [0.25, 0.3) is 5.69 Å². The summed E-state index contributed by atoms with van der Waals surface area (Å²) in [4.78, 5) is 14.7. The zero-order chi connectivity index (χ0) is 14.8. The van der Waals surface area contributed by atoms with E-state index in [-0.39, 0.29) is 12.3 Å². The third kappa shape index (κ3) is 2.76. The Morgan fingerprint density at radius 2 is 2.14 bits per heavy atom. The van der Waals surface area contributed by atoms with Crippen molar-refractivity contribution >= 4 is 28.6 Å². The smallest absolute Gasteiger partial charge is 0.271 e. The van der Waals surface area contributed by atoms with E-state index < -0.39 is 4.92 Å². The largest absolute Gasteiger partial charge is 0.483 e. The number of hydrogen-bond donors (Lipinski definition) is 2. The van der Waals surface area contributed by atoms with E-state index in [0.717, 1.165) is 0 Å². The maximum Gasteiger partial charge on any atom is 0.271 e. The van der Waals surface area contributed by atoms with Gasteiger partial charge >= 0.3 is 0 Å². The average Bonchev–Trinajstić information content (AvgIpc) is 2.47. The number of nitro groups is 1. The van der Waals surface area contributed by atoms with Gasteiger partial charge < -0.3 is 15.8 Å². The predicted molar refractivity (Wildman–Crippen MR) is 80.2 cm³/mol. The number of amidine groups is 1. The summed E-state index contributed by atoms with van der Waals surface area (Å²) in [5.41, 5.74) is 7.54. The Labute approximate surface area is 120 Å². The molecule has 0 saturated carbocycles. The van der Waals surface area contributed by atoms with Crippen molar-refractivity contribution < 1.29 is 9.66 Å². The van der Waals surface area contributed by atoms with Gasteiger partial charge in [-0.3, -0.25) is 10.1 Å². The minimum atomic E-state index is -0.444. The van der Waals surface area contributed by atoms with Crippen molar-refractivity contribution in [3.05, 3.63) is 52.6 Å². The fraction of sp³-hybridized carbons (Fsp3) is 0.0714. The zero-order valence-electron chi connectivity index (χ0n) is 10.9. The lowest BCUT2D eigenvalue weighted by Gasteiger charge is -2.18. The van der Waals surface area contributed by atoms with Crippen LogP contribution in [0.2, 0.25) is 0 Å². The van der Waals surface area contributed by atoms with Crippen molar-refractivity contribution in [2.75, 3.05) is 17.7 Å². The lowest BCUT2D eigenvalue weighted by molar-refractivity contribution is -0.384. The second-order valence-corrected chi connectivity index (χ2v) is 4.51. The van der Waals surface area contributed by atoms with Crippen LogP contribution in [0.5, 0.6) is 5.75 Å². The number of hydrogen-bond acceptors (Lipinski definition) is 6. The molecule has 0 spiro atoms. The standard InChI is InChI=1S/C14H12N4O3/c15-9-4-5-13-12(6-9)17-14(8-21-13)16-10-2-1-3-11(7-10)18(19)20/h1-7H,8,15H2,(H,16,17). The van der Waals surface area contributed by atoms with Gasteiger partial charge in [0.05, 0.1) is 4.92 Å². The van der Waals surface area contributed by atoms with E-state index >= 15 is 0 Å². The van der Waals surface area contributed by atoms with Gasteiger partial charge in [0.1, 0.15) is 23.9 Å². The number of nitrogens with zero attached hydrogens (tertiary/aromatic N) is 2. The monoisotopic (exact) mass is 284 g/mol. The number of nitrogens with two attached hydrogens (primary N) is 1. The van der Waals surface area contributed by atoms with Crippen LogP contribution < -0.4 is 15.8 Å². The first-order valence-corrected chi connectivity index (χ1v) is 6.23. The summed E-state index contributed by atoms with van der Waals surface area (Å²) < 4.78 is 5.56. The number of nitro benzene ring substituents is 1. The van der Waals surface area contributed by atoms with E-state index in [1.165, 1.54) is 12.1 Å². The molecule has 1 aliphatic heterocycles. The summed E-state index contributed by atoms with van der Waals surface area (Å²) >= 11 is 0. The van der Waals surface area contributed by atoms with Crippen molar-refractivity contribution in [1.29, 1.82) is 0 Å². The number of anilines is 2. The minimum Gasteiger partial charge on any atom is -0.483 e. The van der Waals surface area contributed by atoms with Gasteiger partial charge in [-0.05, 0) is 24.3 Å². The van der Waals surface area contributed by atoms with Crippen molar-refractivity contribution in [3.63, 3.8) is 0 Å². The Balaban J connectivity index is 1.86. The Kier molecular flexibility index (Phi) is 3.15. The molecule has 21 heavy (non-hydrogen) atoms. The van der Waals surface area contributed by atoms with Crippen LogP contribution in [0.3, 0.4) is 0 Å². The molecule has 0 fully saturated rings. The molecule has 0 radical (unpaired) electrons. The first-order valence-electron chi connectivity index (χ1n) is 6.23. The number of aliphatic imine (C=N–C) groups is 1. The molecule has 0 atom stereocenters. The maximum atomic E-state index is 10.8. The SMILES string of the molecule is Nc1ccc2c(c1)N=C(Nc1cccc([N+](=O)[O-])c1)CO2. The molecule has 2 aromatic carbocycles. The summed E-state index contributed by atoms with van der Waals surface area (Å²) in [6.07, 6.45) is 0. The second-order valence-electron chi connectivity index (χ2n) is 4.51. The van der Waals surface area contributed by atoms with Crippen molar-refractivity contribution in [2.45, 2.75) is 0 Å². The van der Waals surface area contributed by atoms with Crippen molar-refractivity contribution in [1.82, 2.24) is 0 Å². The molecular formula is C14H12N4O3. The van der Waals surface area contributed by atoms with E-state index in [1.54, 1.807) is 30.3 Å². The van der Waals surface area contributed by atoms with Gasteiger partial charge in [-0.25, -0.2) is 4.99 Å². The lowest BCUT2D eigenvalue weighted by atomic mass is 10.2. The topological polar surface area (TPSA) is 103 Å². The highest BCUT2D eigenvalue weighted by Crippen LogP contribution is 2.32. The van der Waals surface area contributed by atoms with E-state index in [1.807, 2.05) is 0 Å². The molecule has 0 amide bonds. The van der Waals surface area contributed by atoms with Crippen LogP contribution in [-0.4, -0.2) is 17.4 Å². The van der Waals surface area contributed by atoms with Crippen molar-refractivity contribution in [3.8, 4) is 5.75 Å². The first kappa shape index (κ1) is 12.9. The summed E-state index contributed by atoms with van der Waals surface area (Å²) in [6.45, 7) is 0.264. The fourth-order valence-electron chi connectivity index (χ4n) is 2.00. The van der Waals surface area contributed by atoms with Gasteiger partial charge in [0.15, 0.2) is 0 Å². The summed E-state index contributed by atoms with van der Waals surface area (Å²) in [7, 11) is 0. The highest BCUT2D eigenvalue weighted by atomic mass is 16.6. The number of nitrogens with one attached hydrogen (secondary N) is 1. The molecule has 1 heterocycles. The van der Waals surface area contributed by atoms with Crippen LogP contribution >= 0.6 is 0 Å². The molecule has 0 unspecified atom stereocenters. The molecule has 7 nitrogen and oxygen atoms in total. The fourth-order valence-corrected chi connectivity index (χ4v) is 2.00. The lowest BCUT2D eigenvalue weighted by Crippen LogP contribution is -2.23. The molecule has 1 aliphatic rings. The van der Waals surface area contributed by atoms with E-state index in [0.29, 0.717) is 28.6 Å². The number of benzene rings is 2. The molecule has 0 aromatic heterocycles. The third-order valence-electron chi connectivity index (χ3n) is 2.95. The first-order chi connectivity index (χ1) is 10.1. The summed E-state index contributed by atoms with van der Waals surface area (Å²) in [5.74, 6) is 1.22. The molecule has 0 bridgehead atoms. The molecule has 7 heteroatoms. The molecular weight excluding hydrogens is 272 g/mol. The van der Waals surface area contributed by atoms with Gasteiger partial charge in [-0.2, -0.15) is 0 Å². The van der Waals surface area contributed by atoms with Crippen LogP contribution in [-0.2, 0) is 0 Å². The highest BCUT2D eigenvalue weighted by molar-refractivity contribution is 5.99. The molecule has 0 aliphatic carbocycles. The number of rotatable bonds is 2. The van der Waals surface area contributed by atoms with E-state index in [9.17, 15) is 10.1 Å². The normalized spacial score (nSPS) is 12.9. The Morgan fingerprint density at radius 3 is 2.95 bits per heavy atom. The predicted octanol–water partition coefficient (Wildman–Crippen LogP) is 2.71. The Morgan fingerprint density at radius 1 is 1.29 bits per heavy atom. The quantitative estimate of drug-likeness (QED) is 0.501. The van der Waals surface area contributed by atoms with Gasteiger partial charge in [-0.1, -0.05) is 6.07 Å². The van der Waals surface area contributed by atoms with Crippen LogP contribution in [0.4, 0.5) is 22.7 Å². The molecule has 3 rings (SSSR count). The minimum absolute atomic E-state index is 0.0157. The molecule has 3 N–H and O–H groups in total. The molecule has 106 valence electrons.